The minimum atomic E-state index is 0.144. The Balaban J connectivity index is 1.63. The Kier molecular flexibility index (Phi) is 6.50. The van der Waals surface area contributed by atoms with Crippen LogP contribution < -0.4 is 14.9 Å². The molecule has 0 saturated heterocycles. The second kappa shape index (κ2) is 9.24. The SMILES string of the molecule is COc1cc(/C=N/Nc2ccccn2)ccc1OCc1ccc(C(C)(C)C)cc1. The van der Waals surface area contributed by atoms with Crippen molar-refractivity contribution in [1.82, 2.24) is 4.98 Å². The van der Waals surface area contributed by atoms with E-state index in [0.29, 0.717) is 23.9 Å². The molecule has 0 spiro atoms. The van der Waals surface area contributed by atoms with Gasteiger partial charge in [0, 0.05) is 6.20 Å². The summed E-state index contributed by atoms with van der Waals surface area (Å²) >= 11 is 0. The summed E-state index contributed by atoms with van der Waals surface area (Å²) in [6.45, 7) is 7.11. The summed E-state index contributed by atoms with van der Waals surface area (Å²) in [7, 11) is 1.63. The predicted molar refractivity (Wildman–Crippen MR) is 118 cm³/mol. The fraction of sp³-hybridized carbons (Fsp3) is 0.250. The molecular formula is C24H27N3O2. The van der Waals surface area contributed by atoms with Crippen molar-refractivity contribution in [3.05, 3.63) is 83.6 Å². The normalized spacial score (nSPS) is 11.4. The van der Waals surface area contributed by atoms with Crippen molar-refractivity contribution in [3.8, 4) is 11.5 Å². The summed E-state index contributed by atoms with van der Waals surface area (Å²) in [5.74, 6) is 2.05. The van der Waals surface area contributed by atoms with Gasteiger partial charge in [0.05, 0.1) is 13.3 Å². The van der Waals surface area contributed by atoms with E-state index < -0.39 is 0 Å². The lowest BCUT2D eigenvalue weighted by molar-refractivity contribution is 0.284. The van der Waals surface area contributed by atoms with E-state index in [1.54, 1.807) is 19.5 Å². The van der Waals surface area contributed by atoms with Crippen LogP contribution in [-0.2, 0) is 12.0 Å². The van der Waals surface area contributed by atoms with Gasteiger partial charge in [-0.15, -0.1) is 0 Å². The maximum absolute atomic E-state index is 5.97. The van der Waals surface area contributed by atoms with Crippen molar-refractivity contribution in [1.29, 1.82) is 0 Å². The van der Waals surface area contributed by atoms with Crippen molar-refractivity contribution in [2.45, 2.75) is 32.8 Å². The van der Waals surface area contributed by atoms with E-state index in [1.807, 2.05) is 36.4 Å². The van der Waals surface area contributed by atoms with Gasteiger partial charge >= 0.3 is 0 Å². The van der Waals surface area contributed by atoms with Gasteiger partial charge in [0.2, 0.25) is 0 Å². The van der Waals surface area contributed by atoms with E-state index in [0.717, 1.165) is 11.1 Å². The Morgan fingerprint density at radius 1 is 1.00 bits per heavy atom. The van der Waals surface area contributed by atoms with Crippen molar-refractivity contribution in [3.63, 3.8) is 0 Å². The van der Waals surface area contributed by atoms with Crippen molar-refractivity contribution in [2.24, 2.45) is 5.10 Å². The Morgan fingerprint density at radius 3 is 2.45 bits per heavy atom. The zero-order valence-corrected chi connectivity index (χ0v) is 17.3. The molecule has 3 rings (SSSR count). The van der Waals surface area contributed by atoms with Crippen LogP contribution in [0.25, 0.3) is 0 Å². The van der Waals surface area contributed by atoms with Crippen molar-refractivity contribution in [2.75, 3.05) is 12.5 Å². The zero-order chi connectivity index (χ0) is 20.7. The highest BCUT2D eigenvalue weighted by Gasteiger charge is 2.13. The van der Waals surface area contributed by atoms with Crippen molar-refractivity contribution >= 4 is 12.0 Å². The van der Waals surface area contributed by atoms with Gasteiger partial charge in [-0.05, 0) is 52.4 Å². The largest absolute Gasteiger partial charge is 0.493 e. The maximum Gasteiger partial charge on any atom is 0.161 e. The molecule has 1 N–H and O–H groups in total. The maximum atomic E-state index is 5.97. The third-order valence-electron chi connectivity index (χ3n) is 4.46. The molecule has 0 fully saturated rings. The number of pyridine rings is 1. The van der Waals surface area contributed by atoms with Gasteiger partial charge in [0.1, 0.15) is 12.4 Å². The third-order valence-corrected chi connectivity index (χ3v) is 4.46. The fourth-order valence-electron chi connectivity index (χ4n) is 2.75. The minimum Gasteiger partial charge on any atom is -0.493 e. The van der Waals surface area contributed by atoms with Gasteiger partial charge in [-0.1, -0.05) is 51.1 Å². The summed E-state index contributed by atoms with van der Waals surface area (Å²) < 4.78 is 11.5. The first kappa shape index (κ1) is 20.4. The first-order valence-electron chi connectivity index (χ1n) is 9.56. The van der Waals surface area contributed by atoms with Crippen LogP contribution in [0.5, 0.6) is 11.5 Å². The molecule has 0 aliphatic heterocycles. The second-order valence-corrected chi connectivity index (χ2v) is 7.73. The summed E-state index contributed by atoms with van der Waals surface area (Å²) in [5.41, 5.74) is 6.36. The number of nitrogens with one attached hydrogen (secondary N) is 1. The monoisotopic (exact) mass is 389 g/mol. The lowest BCUT2D eigenvalue weighted by atomic mass is 9.87. The second-order valence-electron chi connectivity index (χ2n) is 7.73. The molecule has 2 aromatic carbocycles. The molecular weight excluding hydrogens is 362 g/mol. The zero-order valence-electron chi connectivity index (χ0n) is 17.3. The highest BCUT2D eigenvalue weighted by molar-refractivity contribution is 5.81. The molecule has 0 aliphatic carbocycles. The topological polar surface area (TPSA) is 55.7 Å². The molecule has 29 heavy (non-hydrogen) atoms. The molecule has 0 unspecified atom stereocenters. The summed E-state index contributed by atoms with van der Waals surface area (Å²) in [6.07, 6.45) is 3.43. The highest BCUT2D eigenvalue weighted by atomic mass is 16.5. The van der Waals surface area contributed by atoms with E-state index in [1.165, 1.54) is 5.56 Å². The first-order chi connectivity index (χ1) is 14.0. The molecule has 0 bridgehead atoms. The molecule has 5 heteroatoms. The number of nitrogens with zero attached hydrogens (tertiary/aromatic N) is 2. The van der Waals surface area contributed by atoms with E-state index in [4.69, 9.17) is 9.47 Å². The molecule has 1 heterocycles. The number of anilines is 1. The molecule has 0 aliphatic rings. The average molecular weight is 389 g/mol. The molecule has 150 valence electrons. The van der Waals surface area contributed by atoms with Gasteiger partial charge in [-0.3, -0.25) is 5.43 Å². The first-order valence-corrected chi connectivity index (χ1v) is 9.56. The van der Waals surface area contributed by atoms with Gasteiger partial charge < -0.3 is 9.47 Å². The Hall–Kier alpha value is -3.34. The smallest absolute Gasteiger partial charge is 0.161 e. The third kappa shape index (κ3) is 5.82. The molecule has 0 radical (unpaired) electrons. The lowest BCUT2D eigenvalue weighted by Crippen LogP contribution is -2.10. The van der Waals surface area contributed by atoms with Crippen molar-refractivity contribution < 1.29 is 9.47 Å². The van der Waals surface area contributed by atoms with Crippen LogP contribution in [0.1, 0.15) is 37.5 Å². The van der Waals surface area contributed by atoms with E-state index in [2.05, 4.69) is 60.5 Å². The fourth-order valence-corrected chi connectivity index (χ4v) is 2.75. The number of ether oxygens (including phenoxy) is 2. The Labute approximate surface area is 172 Å². The molecule has 5 nitrogen and oxygen atoms in total. The number of hydrogen-bond acceptors (Lipinski definition) is 5. The van der Waals surface area contributed by atoms with E-state index in [9.17, 15) is 0 Å². The number of rotatable bonds is 7. The summed E-state index contributed by atoms with van der Waals surface area (Å²) in [6, 6.07) is 19.9. The van der Waals surface area contributed by atoms with Crippen LogP contribution in [0.15, 0.2) is 72.0 Å². The Morgan fingerprint density at radius 2 is 1.79 bits per heavy atom. The molecule has 0 atom stereocenters. The number of aromatic nitrogens is 1. The predicted octanol–water partition coefficient (Wildman–Crippen LogP) is 5.41. The average Bonchev–Trinajstić information content (AvgIpc) is 2.73. The summed E-state index contributed by atoms with van der Waals surface area (Å²) in [5, 5.41) is 4.20. The van der Waals surface area contributed by atoms with E-state index >= 15 is 0 Å². The van der Waals surface area contributed by atoms with E-state index in [-0.39, 0.29) is 5.41 Å². The van der Waals surface area contributed by atoms with Crippen LogP contribution in [0.3, 0.4) is 0 Å². The van der Waals surface area contributed by atoms with Gasteiger partial charge in [0.15, 0.2) is 11.5 Å². The van der Waals surface area contributed by atoms with Crippen LogP contribution in [0.4, 0.5) is 5.82 Å². The summed E-state index contributed by atoms with van der Waals surface area (Å²) in [4.78, 5) is 4.16. The van der Waals surface area contributed by atoms with Crippen LogP contribution >= 0.6 is 0 Å². The van der Waals surface area contributed by atoms with Crippen LogP contribution in [0, 0.1) is 0 Å². The molecule has 3 aromatic rings. The van der Waals surface area contributed by atoms with Gasteiger partial charge in [-0.2, -0.15) is 5.10 Å². The number of benzene rings is 2. The Bertz CT molecular complexity index is 946. The lowest BCUT2D eigenvalue weighted by Gasteiger charge is -2.19. The minimum absolute atomic E-state index is 0.144. The number of hydrogen-bond donors (Lipinski definition) is 1. The number of hydrazone groups is 1. The van der Waals surface area contributed by atoms with Crippen LogP contribution in [-0.4, -0.2) is 18.3 Å². The molecule has 0 saturated carbocycles. The quantitative estimate of drug-likeness (QED) is 0.433. The van der Waals surface area contributed by atoms with Crippen LogP contribution in [0.2, 0.25) is 0 Å². The standard InChI is InChI=1S/C24H27N3O2/c1-24(2,3)20-11-8-18(9-12-20)17-29-21-13-10-19(15-22(21)28-4)16-26-27-23-7-5-6-14-25-23/h5-16H,17H2,1-4H3,(H,25,27)/b26-16+. The molecule has 0 amide bonds. The number of methoxy groups -OCH3 is 1. The van der Waals surface area contributed by atoms with Gasteiger partial charge in [-0.25, -0.2) is 4.98 Å². The highest BCUT2D eigenvalue weighted by Crippen LogP contribution is 2.29. The van der Waals surface area contributed by atoms with Gasteiger partial charge in [0.25, 0.3) is 0 Å². The molecule has 1 aromatic heterocycles.